The van der Waals surface area contributed by atoms with E-state index in [2.05, 4.69) is 25.6 Å². The number of carboxylic acid groups (broad SMARTS) is 1. The van der Waals surface area contributed by atoms with Gasteiger partial charge in [-0.3, -0.25) is 9.59 Å². The van der Waals surface area contributed by atoms with E-state index in [4.69, 9.17) is 9.84 Å². The van der Waals surface area contributed by atoms with Crippen molar-refractivity contribution in [3.8, 4) is 0 Å². The van der Waals surface area contributed by atoms with E-state index in [1.54, 1.807) is 0 Å². The summed E-state index contributed by atoms with van der Waals surface area (Å²) in [6, 6.07) is 3.04. The molecule has 2 aromatic heterocycles. The molecule has 0 saturated carbocycles. The Balaban J connectivity index is 1.49. The lowest BCUT2D eigenvalue weighted by Gasteiger charge is -2.16. The van der Waals surface area contributed by atoms with Crippen molar-refractivity contribution >= 4 is 44.5 Å². The molecule has 0 aliphatic carbocycles. The van der Waals surface area contributed by atoms with Crippen LogP contribution in [0.4, 0.5) is 9.52 Å². The van der Waals surface area contributed by atoms with Crippen LogP contribution in [0.2, 0.25) is 0 Å². The van der Waals surface area contributed by atoms with E-state index in [0.29, 0.717) is 15.9 Å². The normalized spacial score (nSPS) is 18.9. The van der Waals surface area contributed by atoms with Crippen molar-refractivity contribution in [1.29, 1.82) is 0 Å². The smallest absolute Gasteiger partial charge is 0.336 e. The van der Waals surface area contributed by atoms with Crippen molar-refractivity contribution in [3.05, 3.63) is 42.2 Å². The topological polar surface area (TPSA) is 150 Å². The number of carbonyl (C=O) groups excluding carboxylic acids is 2. The van der Waals surface area contributed by atoms with Gasteiger partial charge in [0.05, 0.1) is 16.5 Å². The molecular formula is C17H14FN5O5S. The molecule has 3 aromatic rings. The fourth-order valence-electron chi connectivity index (χ4n) is 2.72. The van der Waals surface area contributed by atoms with Gasteiger partial charge in [-0.05, 0) is 18.2 Å². The number of carboxylic acids is 1. The molecule has 4 N–H and O–H groups in total. The number of nitrogens with zero attached hydrogens (tertiary/aromatic N) is 2. The van der Waals surface area contributed by atoms with Gasteiger partial charge >= 0.3 is 5.97 Å². The van der Waals surface area contributed by atoms with Gasteiger partial charge < -0.3 is 25.5 Å². The van der Waals surface area contributed by atoms with Crippen LogP contribution >= 0.6 is 11.3 Å². The average Bonchev–Trinajstić information content (AvgIpc) is 3.15. The van der Waals surface area contributed by atoms with Crippen molar-refractivity contribution in [2.24, 2.45) is 0 Å². The van der Waals surface area contributed by atoms with Crippen LogP contribution in [0.5, 0.6) is 0 Å². The number of nitrogens with one attached hydrogen (secondary N) is 3. The quantitative estimate of drug-likeness (QED) is 0.411. The van der Waals surface area contributed by atoms with Gasteiger partial charge in [0.15, 0.2) is 17.3 Å². The maximum atomic E-state index is 13.3. The lowest BCUT2D eigenvalue weighted by molar-refractivity contribution is -0.138. The van der Waals surface area contributed by atoms with E-state index in [9.17, 15) is 18.8 Å². The number of aromatic amines is 1. The van der Waals surface area contributed by atoms with Gasteiger partial charge in [-0.15, -0.1) is 0 Å². The van der Waals surface area contributed by atoms with Crippen LogP contribution in [-0.2, 0) is 25.5 Å². The predicted molar refractivity (Wildman–Crippen MR) is 98.7 cm³/mol. The van der Waals surface area contributed by atoms with Gasteiger partial charge in [-0.25, -0.2) is 19.2 Å². The number of H-pyrrole nitrogens is 1. The second kappa shape index (κ2) is 7.56. The second-order valence-corrected chi connectivity index (χ2v) is 7.31. The third kappa shape index (κ3) is 4.22. The van der Waals surface area contributed by atoms with Crippen LogP contribution in [0.25, 0.3) is 10.2 Å². The Morgan fingerprint density at radius 3 is 2.86 bits per heavy atom. The van der Waals surface area contributed by atoms with Gasteiger partial charge in [-0.2, -0.15) is 0 Å². The number of aromatic nitrogens is 3. The zero-order valence-corrected chi connectivity index (χ0v) is 15.4. The molecule has 1 saturated heterocycles. The Morgan fingerprint density at radius 1 is 1.34 bits per heavy atom. The Hall–Kier alpha value is -3.38. The standard InChI is InChI=1S/C17H14FN5O5S/c18-7-1-2-9-11(3-7)29-17(22-9)23-14(24)10(4-8-5-19-6-20-8)21-15(25)12-13(28-12)16(26)27/h1-3,5-6,10,12-13H,4H2,(H,19,20)(H,21,25)(H,26,27)(H,22,23,24)/t10-,12+,13+/m0/s1. The number of rotatable bonds is 7. The molecule has 10 nitrogen and oxygen atoms in total. The molecule has 150 valence electrons. The number of fused-ring (bicyclic) bond motifs is 1. The number of amides is 2. The summed E-state index contributed by atoms with van der Waals surface area (Å²) >= 11 is 1.09. The van der Waals surface area contributed by atoms with Crippen molar-refractivity contribution < 1.29 is 28.6 Å². The highest BCUT2D eigenvalue weighted by Crippen LogP contribution is 2.27. The minimum absolute atomic E-state index is 0.0849. The first kappa shape index (κ1) is 19.0. The number of epoxide rings is 1. The van der Waals surface area contributed by atoms with Gasteiger partial charge in [0.2, 0.25) is 5.91 Å². The first-order chi connectivity index (χ1) is 13.9. The molecule has 1 aromatic carbocycles. The van der Waals surface area contributed by atoms with Crippen molar-refractivity contribution in [3.63, 3.8) is 0 Å². The van der Waals surface area contributed by atoms with Crippen LogP contribution < -0.4 is 10.6 Å². The average molecular weight is 419 g/mol. The fraction of sp³-hybridized carbons (Fsp3) is 0.235. The third-order valence-electron chi connectivity index (χ3n) is 4.19. The summed E-state index contributed by atoms with van der Waals surface area (Å²) in [6.45, 7) is 0. The number of anilines is 1. The third-order valence-corrected chi connectivity index (χ3v) is 5.12. The molecule has 3 heterocycles. The van der Waals surface area contributed by atoms with Crippen LogP contribution in [-0.4, -0.2) is 56.1 Å². The van der Waals surface area contributed by atoms with E-state index in [1.165, 1.54) is 30.7 Å². The number of ether oxygens (including phenoxy) is 1. The number of hydrogen-bond acceptors (Lipinski definition) is 7. The summed E-state index contributed by atoms with van der Waals surface area (Å²) < 4.78 is 18.7. The highest BCUT2D eigenvalue weighted by molar-refractivity contribution is 7.22. The zero-order valence-electron chi connectivity index (χ0n) is 14.6. The molecule has 1 aliphatic rings. The minimum atomic E-state index is -1.25. The zero-order chi connectivity index (χ0) is 20.5. The van der Waals surface area contributed by atoms with Gasteiger partial charge in [0, 0.05) is 18.3 Å². The number of carbonyl (C=O) groups is 3. The molecular weight excluding hydrogens is 405 g/mol. The molecule has 0 unspecified atom stereocenters. The Bertz CT molecular complexity index is 1090. The Kier molecular flexibility index (Phi) is 4.94. The monoisotopic (exact) mass is 419 g/mol. The van der Waals surface area contributed by atoms with E-state index >= 15 is 0 Å². The summed E-state index contributed by atoms with van der Waals surface area (Å²) in [5, 5.41) is 14.2. The molecule has 0 spiro atoms. The van der Waals surface area contributed by atoms with Gasteiger partial charge in [-0.1, -0.05) is 11.3 Å². The van der Waals surface area contributed by atoms with Crippen molar-refractivity contribution in [1.82, 2.24) is 20.3 Å². The lowest BCUT2D eigenvalue weighted by atomic mass is 10.1. The van der Waals surface area contributed by atoms with Crippen LogP contribution in [0.1, 0.15) is 5.69 Å². The largest absolute Gasteiger partial charge is 0.479 e. The predicted octanol–water partition coefficient (Wildman–Crippen LogP) is 0.676. The second-order valence-electron chi connectivity index (χ2n) is 6.28. The SMILES string of the molecule is O=C(Nc1nc2ccc(F)cc2s1)[C@H](Cc1cnc[nH]1)NC(=O)[C@@H]1O[C@H]1C(=O)O. The number of aliphatic carboxylic acids is 1. The van der Waals surface area contributed by atoms with E-state index in [-0.39, 0.29) is 11.6 Å². The highest BCUT2D eigenvalue weighted by atomic mass is 32.1. The molecule has 3 atom stereocenters. The highest BCUT2D eigenvalue weighted by Gasteiger charge is 2.51. The van der Waals surface area contributed by atoms with Crippen LogP contribution in [0, 0.1) is 5.82 Å². The van der Waals surface area contributed by atoms with Crippen LogP contribution in [0.15, 0.2) is 30.7 Å². The summed E-state index contributed by atoms with van der Waals surface area (Å²) in [6.07, 6.45) is 0.654. The Morgan fingerprint density at radius 2 is 2.17 bits per heavy atom. The van der Waals surface area contributed by atoms with E-state index in [1.807, 2.05) is 0 Å². The number of halogens is 1. The van der Waals surface area contributed by atoms with Gasteiger partial charge in [0.25, 0.3) is 5.91 Å². The molecule has 29 heavy (non-hydrogen) atoms. The summed E-state index contributed by atoms with van der Waals surface area (Å²) in [7, 11) is 0. The number of benzene rings is 1. The van der Waals surface area contributed by atoms with E-state index in [0.717, 1.165) is 11.3 Å². The first-order valence-electron chi connectivity index (χ1n) is 8.43. The summed E-state index contributed by atoms with van der Waals surface area (Å²) in [5.74, 6) is -2.94. The van der Waals surface area contributed by atoms with E-state index < -0.39 is 41.9 Å². The van der Waals surface area contributed by atoms with Crippen molar-refractivity contribution in [2.45, 2.75) is 24.7 Å². The fourth-order valence-corrected chi connectivity index (χ4v) is 3.62. The molecule has 4 rings (SSSR count). The summed E-state index contributed by atoms with van der Waals surface area (Å²) in [4.78, 5) is 46.8. The lowest BCUT2D eigenvalue weighted by Crippen LogP contribution is -2.47. The maximum absolute atomic E-state index is 13.3. The van der Waals surface area contributed by atoms with Gasteiger partial charge in [0.1, 0.15) is 11.9 Å². The number of imidazole rings is 1. The molecule has 1 fully saturated rings. The molecule has 0 radical (unpaired) electrons. The molecule has 2 amide bonds. The molecule has 1 aliphatic heterocycles. The van der Waals surface area contributed by atoms with Crippen molar-refractivity contribution in [2.75, 3.05) is 5.32 Å². The number of thiazole rings is 1. The first-order valence-corrected chi connectivity index (χ1v) is 9.25. The summed E-state index contributed by atoms with van der Waals surface area (Å²) in [5.41, 5.74) is 1.11. The number of hydrogen-bond donors (Lipinski definition) is 4. The minimum Gasteiger partial charge on any atom is -0.479 e. The molecule has 12 heteroatoms. The maximum Gasteiger partial charge on any atom is 0.336 e. The van der Waals surface area contributed by atoms with Crippen LogP contribution in [0.3, 0.4) is 0 Å². The molecule has 0 bridgehead atoms. The Labute approximate surface area is 166 Å².